The van der Waals surface area contributed by atoms with Gasteiger partial charge in [0, 0.05) is 13.0 Å². The zero-order chi connectivity index (χ0) is 15.1. The Hall–Kier alpha value is -1.16. The van der Waals surface area contributed by atoms with E-state index in [1.54, 1.807) is 7.05 Å². The summed E-state index contributed by atoms with van der Waals surface area (Å²) in [6.07, 6.45) is 2.96. The summed E-state index contributed by atoms with van der Waals surface area (Å²) >= 11 is 0. The quantitative estimate of drug-likeness (QED) is 0.769. The maximum atomic E-state index is 11.1. The first-order valence-corrected chi connectivity index (χ1v) is 6.48. The van der Waals surface area contributed by atoms with Crippen LogP contribution in [-0.4, -0.2) is 36.7 Å². The summed E-state index contributed by atoms with van der Waals surface area (Å²) in [5.74, 6) is -0.179. The molecule has 1 amide bonds. The van der Waals surface area contributed by atoms with Crippen molar-refractivity contribution in [1.29, 1.82) is 0 Å². The predicted octanol–water partition coefficient (Wildman–Crippen LogP) is 2.24. The van der Waals surface area contributed by atoms with E-state index in [4.69, 9.17) is 5.73 Å². The van der Waals surface area contributed by atoms with Gasteiger partial charge in [0.05, 0.1) is 13.1 Å². The van der Waals surface area contributed by atoms with Gasteiger partial charge in [-0.05, 0) is 6.42 Å². The molecule has 0 atom stereocenters. The monoisotopic (exact) mass is 258 g/mol. The number of nitrogens with zero attached hydrogens (tertiary/aromatic N) is 1. The van der Waals surface area contributed by atoms with Gasteiger partial charge in [0.2, 0.25) is 5.91 Å². The minimum absolute atomic E-state index is 0.0296. The molecular formula is C14H30N2O2. The standard InChI is InChI=1S/C8H16N2O2.C4H8.C2H6/c1-6(2)7(11)5-10(3)8(12)4-9;1-3-4-2;1-2/h6H,4-5,9H2,1-3H3;3H,1,4H2,2H3;1-2H3. The highest BCUT2D eigenvalue weighted by Gasteiger charge is 2.13. The lowest BCUT2D eigenvalue weighted by molar-refractivity contribution is -0.133. The Morgan fingerprint density at radius 1 is 1.33 bits per heavy atom. The van der Waals surface area contributed by atoms with Crippen molar-refractivity contribution in [1.82, 2.24) is 4.90 Å². The van der Waals surface area contributed by atoms with Gasteiger partial charge in [-0.2, -0.15) is 0 Å². The van der Waals surface area contributed by atoms with E-state index in [0.717, 1.165) is 6.42 Å². The van der Waals surface area contributed by atoms with E-state index < -0.39 is 0 Å². The summed E-state index contributed by atoms with van der Waals surface area (Å²) in [7, 11) is 1.58. The second-order valence-corrected chi connectivity index (χ2v) is 3.77. The van der Waals surface area contributed by atoms with Crippen LogP contribution >= 0.6 is 0 Å². The van der Waals surface area contributed by atoms with Crippen LogP contribution in [0.5, 0.6) is 0 Å². The molecule has 4 nitrogen and oxygen atoms in total. The lowest BCUT2D eigenvalue weighted by Gasteiger charge is -2.16. The Balaban J connectivity index is -0.000000317. The number of hydrogen-bond donors (Lipinski definition) is 1. The number of rotatable bonds is 5. The molecular weight excluding hydrogens is 228 g/mol. The number of ketones is 1. The van der Waals surface area contributed by atoms with Crippen LogP contribution in [0.4, 0.5) is 0 Å². The molecule has 0 aliphatic rings. The van der Waals surface area contributed by atoms with Gasteiger partial charge in [-0.3, -0.25) is 9.59 Å². The zero-order valence-corrected chi connectivity index (χ0v) is 12.8. The average Bonchev–Trinajstić information content (AvgIpc) is 2.39. The third kappa shape index (κ3) is 14.8. The summed E-state index contributed by atoms with van der Waals surface area (Å²) in [6.45, 7) is 13.3. The first kappa shape index (κ1) is 22.1. The second kappa shape index (κ2) is 15.8. The molecule has 0 aromatic heterocycles. The fraction of sp³-hybridized carbons (Fsp3) is 0.714. The molecule has 0 fully saturated rings. The number of amides is 1. The summed E-state index contributed by atoms with van der Waals surface area (Å²) in [5.41, 5.74) is 5.12. The molecule has 0 bridgehead atoms. The maximum absolute atomic E-state index is 11.1. The van der Waals surface area contributed by atoms with E-state index in [-0.39, 0.29) is 30.7 Å². The van der Waals surface area contributed by atoms with Gasteiger partial charge in [-0.15, -0.1) is 6.58 Å². The minimum atomic E-state index is -0.205. The van der Waals surface area contributed by atoms with Crippen molar-refractivity contribution in [3.63, 3.8) is 0 Å². The van der Waals surface area contributed by atoms with Gasteiger partial charge < -0.3 is 10.6 Å². The lowest BCUT2D eigenvalue weighted by atomic mass is 10.1. The maximum Gasteiger partial charge on any atom is 0.236 e. The van der Waals surface area contributed by atoms with Gasteiger partial charge >= 0.3 is 0 Å². The van der Waals surface area contributed by atoms with Crippen LogP contribution in [0.15, 0.2) is 12.7 Å². The molecule has 4 heteroatoms. The number of carbonyl (C=O) groups excluding carboxylic acids is 2. The third-order valence-electron chi connectivity index (χ3n) is 1.93. The van der Waals surface area contributed by atoms with Crippen LogP contribution < -0.4 is 5.73 Å². The number of allylic oxidation sites excluding steroid dienone is 1. The smallest absolute Gasteiger partial charge is 0.236 e. The number of likely N-dealkylation sites (N-methyl/N-ethyl adjacent to an activating group) is 1. The number of hydrogen-bond acceptors (Lipinski definition) is 3. The van der Waals surface area contributed by atoms with Crippen LogP contribution in [0.25, 0.3) is 0 Å². The van der Waals surface area contributed by atoms with E-state index in [1.807, 2.05) is 33.8 Å². The van der Waals surface area contributed by atoms with Crippen molar-refractivity contribution in [2.45, 2.75) is 41.0 Å². The van der Waals surface area contributed by atoms with E-state index in [2.05, 4.69) is 13.5 Å². The summed E-state index contributed by atoms with van der Waals surface area (Å²) < 4.78 is 0. The van der Waals surface area contributed by atoms with E-state index in [1.165, 1.54) is 4.90 Å². The molecule has 0 heterocycles. The van der Waals surface area contributed by atoms with E-state index in [0.29, 0.717) is 0 Å². The number of nitrogens with two attached hydrogens (primary N) is 1. The van der Waals surface area contributed by atoms with Crippen LogP contribution in [0, 0.1) is 5.92 Å². The van der Waals surface area contributed by atoms with Crippen molar-refractivity contribution in [3.8, 4) is 0 Å². The van der Waals surface area contributed by atoms with Gasteiger partial charge in [0.25, 0.3) is 0 Å². The summed E-state index contributed by atoms with van der Waals surface area (Å²) in [6, 6.07) is 0. The highest BCUT2D eigenvalue weighted by Crippen LogP contribution is 1.96. The van der Waals surface area contributed by atoms with Crippen molar-refractivity contribution in [2.75, 3.05) is 20.1 Å². The molecule has 0 saturated carbocycles. The van der Waals surface area contributed by atoms with Crippen LogP contribution in [0.3, 0.4) is 0 Å². The molecule has 0 spiro atoms. The third-order valence-corrected chi connectivity index (χ3v) is 1.93. The van der Waals surface area contributed by atoms with E-state index >= 15 is 0 Å². The Bertz CT molecular complexity index is 226. The fourth-order valence-corrected chi connectivity index (χ4v) is 0.660. The average molecular weight is 258 g/mol. The normalized spacial score (nSPS) is 8.44. The first-order chi connectivity index (χ1) is 8.40. The van der Waals surface area contributed by atoms with Gasteiger partial charge in [0.15, 0.2) is 5.78 Å². The van der Waals surface area contributed by atoms with Crippen molar-refractivity contribution < 1.29 is 9.59 Å². The zero-order valence-electron chi connectivity index (χ0n) is 12.8. The van der Waals surface area contributed by atoms with Crippen molar-refractivity contribution >= 4 is 11.7 Å². The molecule has 0 radical (unpaired) electrons. The molecule has 2 N–H and O–H groups in total. The van der Waals surface area contributed by atoms with E-state index in [9.17, 15) is 9.59 Å². The minimum Gasteiger partial charge on any atom is -0.337 e. The Morgan fingerprint density at radius 3 is 1.94 bits per heavy atom. The first-order valence-electron chi connectivity index (χ1n) is 6.48. The number of carbonyl (C=O) groups is 2. The summed E-state index contributed by atoms with van der Waals surface area (Å²) in [5, 5.41) is 0. The topological polar surface area (TPSA) is 63.4 Å². The van der Waals surface area contributed by atoms with Gasteiger partial charge in [-0.25, -0.2) is 0 Å². The van der Waals surface area contributed by atoms with Crippen molar-refractivity contribution in [2.24, 2.45) is 11.7 Å². The van der Waals surface area contributed by atoms with Crippen LogP contribution in [0.1, 0.15) is 41.0 Å². The second-order valence-electron chi connectivity index (χ2n) is 3.77. The molecule has 0 aliphatic heterocycles. The molecule has 0 saturated heterocycles. The molecule has 18 heavy (non-hydrogen) atoms. The molecule has 0 rings (SSSR count). The highest BCUT2D eigenvalue weighted by molar-refractivity contribution is 5.87. The van der Waals surface area contributed by atoms with Crippen molar-refractivity contribution in [3.05, 3.63) is 12.7 Å². The van der Waals surface area contributed by atoms with Gasteiger partial charge in [0.1, 0.15) is 0 Å². The Morgan fingerprint density at radius 2 is 1.72 bits per heavy atom. The SMILES string of the molecule is C=CCC.CC.CC(C)C(=O)CN(C)C(=O)CN. The number of Topliss-reactive ketones (excluding diaryl/α,β-unsaturated/α-hetero) is 1. The Labute approximate surface area is 112 Å². The Kier molecular flexibility index (Phi) is 19.4. The van der Waals surface area contributed by atoms with Crippen LogP contribution in [0.2, 0.25) is 0 Å². The molecule has 0 aromatic rings. The summed E-state index contributed by atoms with van der Waals surface area (Å²) in [4.78, 5) is 23.4. The largest absolute Gasteiger partial charge is 0.337 e. The highest BCUT2D eigenvalue weighted by atomic mass is 16.2. The van der Waals surface area contributed by atoms with Gasteiger partial charge in [-0.1, -0.05) is 40.7 Å². The fourth-order valence-electron chi connectivity index (χ4n) is 0.660. The predicted molar refractivity (Wildman–Crippen MR) is 78.4 cm³/mol. The van der Waals surface area contributed by atoms with Crippen LogP contribution in [-0.2, 0) is 9.59 Å². The molecule has 0 unspecified atom stereocenters. The molecule has 108 valence electrons. The molecule has 0 aliphatic carbocycles. The molecule has 0 aromatic carbocycles. The lowest BCUT2D eigenvalue weighted by Crippen LogP contribution is -2.37.